The van der Waals surface area contributed by atoms with Crippen molar-refractivity contribution in [3.8, 4) is 11.3 Å². The van der Waals surface area contributed by atoms with E-state index >= 15 is 0 Å². The predicted octanol–water partition coefficient (Wildman–Crippen LogP) is 5.26. The molecule has 0 atom stereocenters. The van der Waals surface area contributed by atoms with E-state index in [1.54, 1.807) is 28.5 Å². The molecule has 1 fully saturated rings. The smallest absolute Gasteiger partial charge is 0.379 e. The molecule has 1 saturated heterocycles. The van der Waals surface area contributed by atoms with Crippen molar-refractivity contribution in [1.29, 1.82) is 0 Å². The molecule has 10 heteroatoms. The van der Waals surface area contributed by atoms with Crippen molar-refractivity contribution in [2.75, 3.05) is 44.3 Å². The molecule has 0 radical (unpaired) electrons. The maximum absolute atomic E-state index is 13.5. The number of hydrogen-bond acceptors (Lipinski definition) is 6. The third kappa shape index (κ3) is 5.37. The van der Waals surface area contributed by atoms with Crippen LogP contribution in [-0.4, -0.2) is 55.2 Å². The summed E-state index contributed by atoms with van der Waals surface area (Å²) < 4.78 is 45.7. The van der Waals surface area contributed by atoms with Gasteiger partial charge < -0.3 is 4.74 Å². The summed E-state index contributed by atoms with van der Waals surface area (Å²) in [4.78, 5) is 22.0. The van der Waals surface area contributed by atoms with Crippen molar-refractivity contribution in [1.82, 2.24) is 9.88 Å². The second-order valence-corrected chi connectivity index (χ2v) is 9.08. The number of amides is 1. The van der Waals surface area contributed by atoms with Gasteiger partial charge in [-0.3, -0.25) is 14.6 Å². The third-order valence-electron chi connectivity index (χ3n) is 5.17. The first-order valence-electron chi connectivity index (χ1n) is 10.2. The van der Waals surface area contributed by atoms with Gasteiger partial charge in [0.2, 0.25) is 0 Å². The van der Waals surface area contributed by atoms with E-state index < -0.39 is 11.7 Å². The fourth-order valence-corrected chi connectivity index (χ4v) is 5.08. The first-order valence-corrected chi connectivity index (χ1v) is 12.0. The molecule has 0 spiro atoms. The lowest BCUT2D eigenvalue weighted by Gasteiger charge is -2.27. The van der Waals surface area contributed by atoms with Gasteiger partial charge >= 0.3 is 6.18 Å². The van der Waals surface area contributed by atoms with Gasteiger partial charge in [0.15, 0.2) is 5.13 Å². The molecular weight excluding hydrogens is 459 g/mol. The number of thiophene rings is 1. The summed E-state index contributed by atoms with van der Waals surface area (Å²) in [7, 11) is 0. The molecule has 1 aliphatic rings. The molecule has 0 aliphatic carbocycles. The lowest BCUT2D eigenvalue weighted by Crippen LogP contribution is -2.39. The van der Waals surface area contributed by atoms with Crippen LogP contribution in [0.15, 0.2) is 47.2 Å². The number of ether oxygens (including phenoxy) is 1. The highest BCUT2D eigenvalue weighted by molar-refractivity contribution is 7.14. The number of carbonyl (C=O) groups is 1. The molecule has 170 valence electrons. The molecule has 2 aromatic heterocycles. The molecule has 32 heavy (non-hydrogen) atoms. The number of hydrogen-bond donors (Lipinski definition) is 0. The van der Waals surface area contributed by atoms with Crippen molar-refractivity contribution in [3.63, 3.8) is 0 Å². The number of carbonyl (C=O) groups excluding carboxylic acids is 1. The maximum atomic E-state index is 13.5. The van der Waals surface area contributed by atoms with Crippen LogP contribution in [0.4, 0.5) is 18.3 Å². The van der Waals surface area contributed by atoms with Gasteiger partial charge in [-0.1, -0.05) is 24.3 Å². The molecule has 0 saturated carbocycles. The summed E-state index contributed by atoms with van der Waals surface area (Å²) in [5.74, 6) is -0.188. The van der Waals surface area contributed by atoms with Crippen LogP contribution in [0.5, 0.6) is 0 Å². The summed E-state index contributed by atoms with van der Waals surface area (Å²) in [6.45, 7) is 4.36. The van der Waals surface area contributed by atoms with Gasteiger partial charge in [0.05, 0.1) is 29.3 Å². The molecular formula is C22H22F3N3O2S2. The SMILES string of the molecule is O=C(c1cccs1)N(CCCN1CCOCC1)c1nc(-c2ccccc2C(F)(F)F)cs1. The Balaban J connectivity index is 1.57. The minimum atomic E-state index is -4.48. The second kappa shape index (κ2) is 10.1. The number of rotatable bonds is 7. The van der Waals surface area contributed by atoms with E-state index in [1.165, 1.54) is 34.8 Å². The van der Waals surface area contributed by atoms with Crippen molar-refractivity contribution >= 4 is 33.7 Å². The Morgan fingerprint density at radius 1 is 1.12 bits per heavy atom. The number of nitrogens with zero attached hydrogens (tertiary/aromatic N) is 3. The Morgan fingerprint density at radius 3 is 2.62 bits per heavy atom. The van der Waals surface area contributed by atoms with E-state index in [4.69, 9.17) is 4.74 Å². The van der Waals surface area contributed by atoms with Crippen molar-refractivity contribution in [2.45, 2.75) is 12.6 Å². The van der Waals surface area contributed by atoms with E-state index in [9.17, 15) is 18.0 Å². The Labute approximate surface area is 192 Å². The Morgan fingerprint density at radius 2 is 1.91 bits per heavy atom. The van der Waals surface area contributed by atoms with E-state index in [2.05, 4.69) is 9.88 Å². The molecule has 0 bridgehead atoms. The molecule has 5 nitrogen and oxygen atoms in total. The van der Waals surface area contributed by atoms with Gasteiger partial charge in [-0.05, 0) is 23.9 Å². The number of aromatic nitrogens is 1. The minimum Gasteiger partial charge on any atom is -0.379 e. The van der Waals surface area contributed by atoms with Gasteiger partial charge in [0, 0.05) is 37.1 Å². The monoisotopic (exact) mass is 481 g/mol. The van der Waals surface area contributed by atoms with Gasteiger partial charge in [0.25, 0.3) is 5.91 Å². The Bertz CT molecular complexity index is 1030. The van der Waals surface area contributed by atoms with Gasteiger partial charge in [0.1, 0.15) is 0 Å². The van der Waals surface area contributed by atoms with Crippen molar-refractivity contribution in [3.05, 3.63) is 57.6 Å². The highest BCUT2D eigenvalue weighted by atomic mass is 32.1. The molecule has 0 N–H and O–H groups in total. The molecule has 1 amide bonds. The molecule has 0 unspecified atom stereocenters. The topological polar surface area (TPSA) is 45.7 Å². The van der Waals surface area contributed by atoms with Crippen LogP contribution in [0.25, 0.3) is 11.3 Å². The summed E-state index contributed by atoms with van der Waals surface area (Å²) >= 11 is 2.52. The van der Waals surface area contributed by atoms with Crippen LogP contribution in [0.2, 0.25) is 0 Å². The lowest BCUT2D eigenvalue weighted by molar-refractivity contribution is -0.137. The normalized spacial score (nSPS) is 15.1. The van der Waals surface area contributed by atoms with Crippen LogP contribution >= 0.6 is 22.7 Å². The van der Waals surface area contributed by atoms with Crippen LogP contribution in [-0.2, 0) is 10.9 Å². The number of thiazole rings is 1. The summed E-state index contributed by atoms with van der Waals surface area (Å²) in [5.41, 5.74) is -0.505. The van der Waals surface area contributed by atoms with Crippen molar-refractivity contribution < 1.29 is 22.7 Å². The van der Waals surface area contributed by atoms with E-state index in [-0.39, 0.29) is 17.2 Å². The summed E-state index contributed by atoms with van der Waals surface area (Å²) in [6, 6.07) is 8.92. The number of alkyl halides is 3. The fourth-order valence-electron chi connectivity index (χ4n) is 3.56. The van der Waals surface area contributed by atoms with Gasteiger partial charge in [-0.25, -0.2) is 4.98 Å². The third-order valence-corrected chi connectivity index (χ3v) is 6.89. The molecule has 4 rings (SSSR count). The minimum absolute atomic E-state index is 0.0133. The second-order valence-electron chi connectivity index (χ2n) is 7.30. The Hall–Kier alpha value is -2.27. The zero-order valence-corrected chi connectivity index (χ0v) is 18.8. The average Bonchev–Trinajstić information content (AvgIpc) is 3.49. The quantitative estimate of drug-likeness (QED) is 0.462. The van der Waals surface area contributed by atoms with Crippen LogP contribution in [0.3, 0.4) is 0 Å². The van der Waals surface area contributed by atoms with E-state index in [0.717, 1.165) is 32.1 Å². The highest BCUT2D eigenvalue weighted by Crippen LogP contribution is 2.38. The lowest BCUT2D eigenvalue weighted by atomic mass is 10.1. The molecule has 1 aliphatic heterocycles. The van der Waals surface area contributed by atoms with Crippen LogP contribution in [0.1, 0.15) is 21.7 Å². The largest absolute Gasteiger partial charge is 0.417 e. The maximum Gasteiger partial charge on any atom is 0.417 e. The molecule has 3 aromatic rings. The zero-order valence-electron chi connectivity index (χ0n) is 17.2. The number of benzene rings is 1. The number of anilines is 1. The number of halogens is 3. The zero-order chi connectivity index (χ0) is 22.6. The first-order chi connectivity index (χ1) is 15.4. The standard InChI is InChI=1S/C22H22F3N3O2S2/c23-22(24,25)17-6-2-1-5-16(17)18-15-32-21(26-18)28(20(29)19-7-3-14-31-19)9-4-8-27-10-12-30-13-11-27/h1-3,5-7,14-15H,4,8-13H2. The Kier molecular flexibility index (Phi) is 7.24. The molecule has 3 heterocycles. The van der Waals surface area contributed by atoms with E-state index in [1.807, 2.05) is 5.38 Å². The van der Waals surface area contributed by atoms with Crippen molar-refractivity contribution in [2.24, 2.45) is 0 Å². The van der Waals surface area contributed by atoms with Gasteiger partial charge in [-0.15, -0.1) is 22.7 Å². The first kappa shape index (κ1) is 22.9. The fraction of sp³-hybridized carbons (Fsp3) is 0.364. The van der Waals surface area contributed by atoms with E-state index in [0.29, 0.717) is 29.8 Å². The number of morpholine rings is 1. The summed E-state index contributed by atoms with van der Waals surface area (Å²) in [6.07, 6.45) is -3.75. The summed E-state index contributed by atoms with van der Waals surface area (Å²) in [5, 5.41) is 3.81. The van der Waals surface area contributed by atoms with Crippen LogP contribution in [0, 0.1) is 0 Å². The predicted molar refractivity (Wildman–Crippen MR) is 120 cm³/mol. The average molecular weight is 482 g/mol. The molecule has 1 aromatic carbocycles. The highest BCUT2D eigenvalue weighted by Gasteiger charge is 2.34. The van der Waals surface area contributed by atoms with Crippen LogP contribution < -0.4 is 4.90 Å². The van der Waals surface area contributed by atoms with Gasteiger partial charge in [-0.2, -0.15) is 13.2 Å².